The van der Waals surface area contributed by atoms with Gasteiger partial charge in [-0.15, -0.1) is 0 Å². The standard InChI is InChI=1S/C15H21N3O2/c1-5-9-18(17-14(19)20-15(2,3)4)13-8-6-7-12(10-13)11-16/h6-8,10H,5,9H2,1-4H3,(H,17,19). The molecule has 1 aromatic rings. The summed E-state index contributed by atoms with van der Waals surface area (Å²) in [6, 6.07) is 9.16. The van der Waals surface area contributed by atoms with Crippen LogP contribution in [0.5, 0.6) is 0 Å². The fourth-order valence-corrected chi connectivity index (χ4v) is 1.63. The maximum Gasteiger partial charge on any atom is 0.426 e. The van der Waals surface area contributed by atoms with Crippen LogP contribution in [-0.2, 0) is 4.74 Å². The lowest BCUT2D eigenvalue weighted by molar-refractivity contribution is 0.0521. The van der Waals surface area contributed by atoms with E-state index < -0.39 is 11.7 Å². The van der Waals surface area contributed by atoms with Crippen molar-refractivity contribution in [3.05, 3.63) is 29.8 Å². The first-order chi connectivity index (χ1) is 9.35. The first-order valence-electron chi connectivity index (χ1n) is 6.63. The van der Waals surface area contributed by atoms with Gasteiger partial charge in [0.05, 0.1) is 17.3 Å². The third kappa shape index (κ3) is 5.19. The molecular formula is C15H21N3O2. The van der Waals surface area contributed by atoms with Gasteiger partial charge in [-0.25, -0.2) is 10.2 Å². The first-order valence-corrected chi connectivity index (χ1v) is 6.63. The Balaban J connectivity index is 2.83. The van der Waals surface area contributed by atoms with Crippen molar-refractivity contribution in [1.29, 1.82) is 5.26 Å². The highest BCUT2D eigenvalue weighted by molar-refractivity contribution is 5.70. The minimum Gasteiger partial charge on any atom is -0.443 e. The van der Waals surface area contributed by atoms with Gasteiger partial charge in [0.25, 0.3) is 0 Å². The molecule has 0 radical (unpaired) electrons. The third-order valence-electron chi connectivity index (χ3n) is 2.36. The molecule has 0 aliphatic rings. The molecule has 5 nitrogen and oxygen atoms in total. The van der Waals surface area contributed by atoms with Crippen LogP contribution in [0.25, 0.3) is 0 Å². The summed E-state index contributed by atoms with van der Waals surface area (Å²) in [4.78, 5) is 11.8. The second-order valence-corrected chi connectivity index (χ2v) is 5.43. The molecule has 0 fully saturated rings. The molecule has 0 aromatic heterocycles. The van der Waals surface area contributed by atoms with Crippen molar-refractivity contribution in [1.82, 2.24) is 5.43 Å². The molecule has 108 valence electrons. The predicted octanol–water partition coefficient (Wildman–Crippen LogP) is 3.21. The molecule has 1 aromatic carbocycles. The second-order valence-electron chi connectivity index (χ2n) is 5.43. The molecule has 0 aliphatic carbocycles. The molecule has 1 N–H and O–H groups in total. The normalized spacial score (nSPS) is 10.6. The summed E-state index contributed by atoms with van der Waals surface area (Å²) in [7, 11) is 0. The zero-order valence-electron chi connectivity index (χ0n) is 12.4. The van der Waals surface area contributed by atoms with E-state index in [1.807, 2.05) is 33.8 Å². The Kier molecular flexibility index (Phi) is 5.39. The van der Waals surface area contributed by atoms with E-state index in [1.165, 1.54) is 0 Å². The number of hydrogen-bond acceptors (Lipinski definition) is 4. The van der Waals surface area contributed by atoms with Crippen molar-refractivity contribution < 1.29 is 9.53 Å². The van der Waals surface area contributed by atoms with Crippen LogP contribution < -0.4 is 10.4 Å². The number of hydrazine groups is 1. The Morgan fingerprint density at radius 3 is 2.70 bits per heavy atom. The van der Waals surface area contributed by atoms with Crippen LogP contribution in [0.1, 0.15) is 39.7 Å². The fourth-order valence-electron chi connectivity index (χ4n) is 1.63. The third-order valence-corrected chi connectivity index (χ3v) is 2.36. The lowest BCUT2D eigenvalue weighted by Crippen LogP contribution is -2.45. The molecule has 1 amide bonds. The number of hydrogen-bond donors (Lipinski definition) is 1. The molecule has 0 saturated carbocycles. The molecule has 0 unspecified atom stereocenters. The average Bonchev–Trinajstić information content (AvgIpc) is 2.36. The van der Waals surface area contributed by atoms with Crippen LogP contribution in [0.3, 0.4) is 0 Å². The van der Waals surface area contributed by atoms with Crippen molar-refractivity contribution in [2.24, 2.45) is 0 Å². The van der Waals surface area contributed by atoms with E-state index in [2.05, 4.69) is 11.5 Å². The van der Waals surface area contributed by atoms with Crippen molar-refractivity contribution in [2.75, 3.05) is 11.6 Å². The van der Waals surface area contributed by atoms with Gasteiger partial charge in [0.15, 0.2) is 0 Å². The Hall–Kier alpha value is -2.22. The van der Waals surface area contributed by atoms with E-state index in [1.54, 1.807) is 23.2 Å². The molecule has 1 rings (SSSR count). The van der Waals surface area contributed by atoms with Crippen LogP contribution in [0.4, 0.5) is 10.5 Å². The number of carbonyl (C=O) groups is 1. The van der Waals surface area contributed by atoms with Crippen molar-refractivity contribution >= 4 is 11.8 Å². The lowest BCUT2D eigenvalue weighted by atomic mass is 10.2. The molecule has 0 spiro atoms. The summed E-state index contributed by atoms with van der Waals surface area (Å²) in [6.45, 7) is 8.08. The predicted molar refractivity (Wildman–Crippen MR) is 78.2 cm³/mol. The SMILES string of the molecule is CCCN(NC(=O)OC(C)(C)C)c1cccc(C#N)c1. The average molecular weight is 275 g/mol. The van der Waals surface area contributed by atoms with Crippen LogP contribution in [-0.4, -0.2) is 18.2 Å². The molecular weight excluding hydrogens is 254 g/mol. The van der Waals surface area contributed by atoms with Gasteiger partial charge in [-0.3, -0.25) is 5.01 Å². The highest BCUT2D eigenvalue weighted by Crippen LogP contribution is 2.15. The zero-order valence-corrected chi connectivity index (χ0v) is 12.4. The van der Waals surface area contributed by atoms with E-state index in [9.17, 15) is 4.79 Å². The largest absolute Gasteiger partial charge is 0.443 e. The van der Waals surface area contributed by atoms with Crippen LogP contribution in [0, 0.1) is 11.3 Å². The van der Waals surface area contributed by atoms with Gasteiger partial charge in [-0.05, 0) is 45.4 Å². The molecule has 20 heavy (non-hydrogen) atoms. The van der Waals surface area contributed by atoms with E-state index in [4.69, 9.17) is 10.00 Å². The summed E-state index contributed by atoms with van der Waals surface area (Å²) in [5.74, 6) is 0. The monoisotopic (exact) mass is 275 g/mol. The number of rotatable bonds is 4. The summed E-state index contributed by atoms with van der Waals surface area (Å²) in [6.07, 6.45) is 0.348. The van der Waals surface area contributed by atoms with Gasteiger partial charge in [-0.2, -0.15) is 5.26 Å². The topological polar surface area (TPSA) is 65.4 Å². The number of nitrogens with one attached hydrogen (secondary N) is 1. The summed E-state index contributed by atoms with van der Waals surface area (Å²) in [5, 5.41) is 10.6. The molecule has 5 heteroatoms. The quantitative estimate of drug-likeness (QED) is 0.857. The minimum absolute atomic E-state index is 0.506. The Morgan fingerprint density at radius 1 is 1.45 bits per heavy atom. The van der Waals surface area contributed by atoms with E-state index in [0.29, 0.717) is 12.1 Å². The maximum absolute atomic E-state index is 11.8. The second kappa shape index (κ2) is 6.80. The van der Waals surface area contributed by atoms with Crippen molar-refractivity contribution in [3.63, 3.8) is 0 Å². The number of ether oxygens (including phenoxy) is 1. The number of carbonyl (C=O) groups excluding carboxylic acids is 1. The van der Waals surface area contributed by atoms with Gasteiger partial charge in [0.2, 0.25) is 0 Å². The molecule has 0 heterocycles. The number of amides is 1. The number of nitriles is 1. The first kappa shape index (κ1) is 15.8. The lowest BCUT2D eigenvalue weighted by Gasteiger charge is -2.27. The smallest absolute Gasteiger partial charge is 0.426 e. The maximum atomic E-state index is 11.8. The Labute approximate surface area is 120 Å². The van der Waals surface area contributed by atoms with E-state index in [0.717, 1.165) is 12.1 Å². The zero-order chi connectivity index (χ0) is 15.2. The summed E-state index contributed by atoms with van der Waals surface area (Å²) in [5.41, 5.74) is 3.47. The molecule has 0 saturated heterocycles. The highest BCUT2D eigenvalue weighted by atomic mass is 16.6. The van der Waals surface area contributed by atoms with Crippen LogP contribution >= 0.6 is 0 Å². The fraction of sp³-hybridized carbons (Fsp3) is 0.467. The van der Waals surface area contributed by atoms with E-state index >= 15 is 0 Å². The number of benzene rings is 1. The van der Waals surface area contributed by atoms with Gasteiger partial charge in [-0.1, -0.05) is 13.0 Å². The number of nitrogens with zero attached hydrogens (tertiary/aromatic N) is 2. The summed E-state index contributed by atoms with van der Waals surface area (Å²) >= 11 is 0. The van der Waals surface area contributed by atoms with E-state index in [-0.39, 0.29) is 0 Å². The Bertz CT molecular complexity index is 501. The Morgan fingerprint density at radius 2 is 2.15 bits per heavy atom. The van der Waals surface area contributed by atoms with Crippen LogP contribution in [0.15, 0.2) is 24.3 Å². The van der Waals surface area contributed by atoms with Crippen LogP contribution in [0.2, 0.25) is 0 Å². The van der Waals surface area contributed by atoms with Gasteiger partial charge < -0.3 is 4.74 Å². The summed E-state index contributed by atoms with van der Waals surface area (Å²) < 4.78 is 5.24. The molecule has 0 bridgehead atoms. The van der Waals surface area contributed by atoms with Gasteiger partial charge >= 0.3 is 6.09 Å². The molecule has 0 aliphatic heterocycles. The number of anilines is 1. The van der Waals surface area contributed by atoms with Gasteiger partial charge in [0, 0.05) is 6.54 Å². The van der Waals surface area contributed by atoms with Gasteiger partial charge in [0.1, 0.15) is 5.60 Å². The molecule has 0 atom stereocenters. The van der Waals surface area contributed by atoms with Crippen molar-refractivity contribution in [2.45, 2.75) is 39.7 Å². The highest BCUT2D eigenvalue weighted by Gasteiger charge is 2.18. The minimum atomic E-state index is -0.545. The van der Waals surface area contributed by atoms with Crippen molar-refractivity contribution in [3.8, 4) is 6.07 Å².